The number of hydrogen-bond donors (Lipinski definition) is 2. The molecule has 0 bridgehead atoms. The number of aromatic carboxylic acids is 1. The third-order valence-corrected chi connectivity index (χ3v) is 3.27. The zero-order valence-electron chi connectivity index (χ0n) is 10.2. The van der Waals surface area contributed by atoms with Crippen LogP contribution in [-0.2, 0) is 10.0 Å². The van der Waals surface area contributed by atoms with Gasteiger partial charge in [0.1, 0.15) is 6.54 Å². The molecule has 0 saturated heterocycles. The predicted octanol–water partition coefficient (Wildman–Crippen LogP) is 1.03. The van der Waals surface area contributed by atoms with Crippen LogP contribution >= 0.6 is 0 Å². The highest BCUT2D eigenvalue weighted by molar-refractivity contribution is 7.89. The molecule has 0 aliphatic heterocycles. The van der Waals surface area contributed by atoms with Crippen LogP contribution in [-0.4, -0.2) is 39.3 Å². The van der Waals surface area contributed by atoms with Gasteiger partial charge in [-0.1, -0.05) is 0 Å². The van der Waals surface area contributed by atoms with Crippen molar-refractivity contribution in [1.29, 1.82) is 0 Å². The molecule has 0 amide bonds. The number of anilines is 1. The van der Waals surface area contributed by atoms with Crippen LogP contribution in [0, 0.1) is 0 Å². The molecule has 0 saturated carbocycles. The summed E-state index contributed by atoms with van der Waals surface area (Å²) in [5.41, 5.74) is -0.842. The molecule has 0 aromatic heterocycles. The van der Waals surface area contributed by atoms with Gasteiger partial charge in [-0.2, -0.15) is 13.2 Å². The third kappa shape index (κ3) is 4.10. The second-order valence-electron chi connectivity index (χ2n) is 4.00. The van der Waals surface area contributed by atoms with Crippen LogP contribution in [0.5, 0.6) is 0 Å². The molecule has 0 heterocycles. The van der Waals surface area contributed by atoms with Gasteiger partial charge in [0.25, 0.3) is 0 Å². The number of hydrogen-bond acceptors (Lipinski definition) is 4. The van der Waals surface area contributed by atoms with Crippen LogP contribution in [0.25, 0.3) is 0 Å². The van der Waals surface area contributed by atoms with E-state index in [1.807, 2.05) is 0 Å². The molecular formula is C10H11F3N2O4S. The lowest BCUT2D eigenvalue weighted by Crippen LogP contribution is -2.32. The number of carboxylic acids is 1. The normalized spacial score (nSPS) is 12.2. The van der Waals surface area contributed by atoms with Gasteiger partial charge in [0, 0.05) is 7.05 Å². The lowest BCUT2D eigenvalue weighted by atomic mass is 10.1. The van der Waals surface area contributed by atoms with Gasteiger partial charge in [-0.15, -0.1) is 0 Å². The maximum Gasteiger partial charge on any atom is 0.405 e. The summed E-state index contributed by atoms with van der Waals surface area (Å²) in [6.07, 6.45) is -4.52. The Morgan fingerprint density at radius 3 is 2.35 bits per heavy atom. The van der Waals surface area contributed by atoms with E-state index in [0.717, 1.165) is 25.2 Å². The summed E-state index contributed by atoms with van der Waals surface area (Å²) in [5.74, 6) is -1.56. The SMILES string of the molecule is CN(CC(F)(F)F)c1ccc(S(N)(=O)=O)cc1C(=O)O. The number of halogens is 3. The van der Waals surface area contributed by atoms with Gasteiger partial charge in [0.05, 0.1) is 16.1 Å². The van der Waals surface area contributed by atoms with Crippen LogP contribution in [0.15, 0.2) is 23.1 Å². The highest BCUT2D eigenvalue weighted by Crippen LogP contribution is 2.26. The van der Waals surface area contributed by atoms with E-state index in [0.29, 0.717) is 4.90 Å². The van der Waals surface area contributed by atoms with E-state index >= 15 is 0 Å². The quantitative estimate of drug-likeness (QED) is 0.865. The van der Waals surface area contributed by atoms with Crippen LogP contribution in [0.2, 0.25) is 0 Å². The van der Waals surface area contributed by atoms with Gasteiger partial charge in [0.15, 0.2) is 0 Å². The van der Waals surface area contributed by atoms with Crippen molar-refractivity contribution >= 4 is 21.7 Å². The second kappa shape index (κ2) is 5.29. The van der Waals surface area contributed by atoms with Gasteiger partial charge < -0.3 is 10.0 Å². The van der Waals surface area contributed by atoms with Gasteiger partial charge >= 0.3 is 12.1 Å². The lowest BCUT2D eigenvalue weighted by molar-refractivity contribution is -0.119. The van der Waals surface area contributed by atoms with E-state index in [1.165, 1.54) is 0 Å². The summed E-state index contributed by atoms with van der Waals surface area (Å²) in [6.45, 7) is -1.37. The predicted molar refractivity (Wildman–Crippen MR) is 64.1 cm³/mol. The van der Waals surface area contributed by atoms with Gasteiger partial charge in [-0.3, -0.25) is 0 Å². The van der Waals surface area contributed by atoms with E-state index in [1.54, 1.807) is 0 Å². The van der Waals surface area contributed by atoms with Gasteiger partial charge in [-0.25, -0.2) is 18.4 Å². The molecule has 20 heavy (non-hydrogen) atoms. The average molecular weight is 312 g/mol. The number of nitrogens with two attached hydrogens (primary N) is 1. The van der Waals surface area contributed by atoms with Crippen molar-refractivity contribution in [3.05, 3.63) is 23.8 Å². The lowest BCUT2D eigenvalue weighted by Gasteiger charge is -2.22. The maximum absolute atomic E-state index is 12.3. The molecule has 0 atom stereocenters. The minimum Gasteiger partial charge on any atom is -0.478 e. The van der Waals surface area contributed by atoms with Crippen LogP contribution in [0.1, 0.15) is 10.4 Å². The van der Waals surface area contributed by atoms with Gasteiger partial charge in [0.2, 0.25) is 10.0 Å². The Labute approximate surface area is 112 Å². The number of carbonyl (C=O) groups is 1. The molecule has 0 spiro atoms. The fraction of sp³-hybridized carbons (Fsp3) is 0.300. The van der Waals surface area contributed by atoms with E-state index in [-0.39, 0.29) is 5.69 Å². The molecular weight excluding hydrogens is 301 g/mol. The first-order valence-corrected chi connectivity index (χ1v) is 6.64. The van der Waals surface area contributed by atoms with E-state index in [9.17, 15) is 26.4 Å². The van der Waals surface area contributed by atoms with E-state index < -0.39 is 39.2 Å². The molecule has 10 heteroatoms. The van der Waals surface area contributed by atoms with Crippen molar-refractivity contribution in [2.75, 3.05) is 18.5 Å². The summed E-state index contributed by atoms with van der Waals surface area (Å²) < 4.78 is 59.1. The van der Waals surface area contributed by atoms with Crippen molar-refractivity contribution in [3.8, 4) is 0 Å². The largest absolute Gasteiger partial charge is 0.478 e. The summed E-state index contributed by atoms with van der Waals surface area (Å²) in [6, 6.07) is 2.64. The first kappa shape index (κ1) is 16.2. The molecule has 1 aromatic rings. The van der Waals surface area contributed by atoms with Crippen molar-refractivity contribution in [2.24, 2.45) is 5.14 Å². The highest BCUT2D eigenvalue weighted by Gasteiger charge is 2.31. The van der Waals surface area contributed by atoms with Crippen LogP contribution in [0.4, 0.5) is 18.9 Å². The van der Waals surface area contributed by atoms with Crippen LogP contribution < -0.4 is 10.0 Å². The summed E-state index contributed by atoms with van der Waals surface area (Å²) in [5, 5.41) is 13.8. The number of nitrogens with zero attached hydrogens (tertiary/aromatic N) is 1. The molecule has 1 rings (SSSR count). The minimum atomic E-state index is -4.52. The number of carboxylic acid groups (broad SMARTS) is 1. The van der Waals surface area contributed by atoms with Crippen molar-refractivity contribution in [1.82, 2.24) is 0 Å². The number of sulfonamides is 1. The van der Waals surface area contributed by atoms with Crippen LogP contribution in [0.3, 0.4) is 0 Å². The number of rotatable bonds is 4. The number of primary sulfonamides is 1. The van der Waals surface area contributed by atoms with Crippen molar-refractivity contribution in [3.63, 3.8) is 0 Å². The number of benzene rings is 1. The Balaban J connectivity index is 3.31. The summed E-state index contributed by atoms with van der Waals surface area (Å²) >= 11 is 0. The van der Waals surface area contributed by atoms with Gasteiger partial charge in [-0.05, 0) is 18.2 Å². The third-order valence-electron chi connectivity index (χ3n) is 2.35. The molecule has 1 aromatic carbocycles. The zero-order valence-corrected chi connectivity index (χ0v) is 11.0. The fourth-order valence-electron chi connectivity index (χ4n) is 1.55. The average Bonchev–Trinajstić information content (AvgIpc) is 2.24. The molecule has 0 unspecified atom stereocenters. The first-order chi connectivity index (χ1) is 8.92. The fourth-order valence-corrected chi connectivity index (χ4v) is 2.09. The van der Waals surface area contributed by atoms with E-state index in [4.69, 9.17) is 10.2 Å². The molecule has 6 nitrogen and oxygen atoms in total. The molecule has 0 aliphatic carbocycles. The van der Waals surface area contributed by atoms with Crippen molar-refractivity contribution in [2.45, 2.75) is 11.1 Å². The first-order valence-electron chi connectivity index (χ1n) is 5.10. The Kier molecular flexibility index (Phi) is 4.30. The molecule has 112 valence electrons. The minimum absolute atomic E-state index is 0.262. The standard InChI is InChI=1S/C10H11F3N2O4S/c1-15(5-10(11,12)13)8-3-2-6(20(14,18)19)4-7(8)9(16)17/h2-4H,5H2,1H3,(H,16,17)(H2,14,18,19). The topological polar surface area (TPSA) is 101 Å². The van der Waals surface area contributed by atoms with E-state index in [2.05, 4.69) is 0 Å². The zero-order chi connectivity index (χ0) is 15.7. The Morgan fingerprint density at radius 1 is 1.40 bits per heavy atom. The van der Waals surface area contributed by atoms with Crippen molar-refractivity contribution < 1.29 is 31.5 Å². The highest BCUT2D eigenvalue weighted by atomic mass is 32.2. The molecule has 3 N–H and O–H groups in total. The maximum atomic E-state index is 12.3. The smallest absolute Gasteiger partial charge is 0.405 e. The molecule has 0 aliphatic rings. The monoisotopic (exact) mass is 312 g/mol. The second-order valence-corrected chi connectivity index (χ2v) is 5.56. The summed E-state index contributed by atoms with van der Waals surface area (Å²) in [7, 11) is -3.09. The Hall–Kier alpha value is -1.81. The Bertz CT molecular complexity index is 628. The molecule has 0 fully saturated rings. The number of alkyl halides is 3. The molecule has 0 radical (unpaired) electrons. The Morgan fingerprint density at radius 2 is 1.95 bits per heavy atom. The summed E-state index contributed by atoms with van der Waals surface area (Å²) in [4.78, 5) is 11.2.